The van der Waals surface area contributed by atoms with E-state index >= 15 is 0 Å². The zero-order valence-electron chi connectivity index (χ0n) is 13.1. The van der Waals surface area contributed by atoms with Crippen molar-refractivity contribution in [3.63, 3.8) is 0 Å². The molecule has 0 atom stereocenters. The minimum Gasteiger partial charge on any atom is -0.366 e. The minimum absolute atomic E-state index is 0.319. The maximum atomic E-state index is 13.7. The molecule has 3 nitrogen and oxygen atoms in total. The van der Waals surface area contributed by atoms with Crippen LogP contribution in [0.15, 0.2) is 81.5 Å². The van der Waals surface area contributed by atoms with Gasteiger partial charge in [-0.2, -0.15) is 0 Å². The lowest BCUT2D eigenvalue weighted by Gasteiger charge is -2.09. The molecule has 5 heteroatoms. The Morgan fingerprint density at radius 1 is 0.960 bits per heavy atom. The maximum Gasteiger partial charge on any atom is 0.248 e. The molecule has 2 N–H and O–H groups in total. The number of nitrogens with zero attached hydrogens (tertiary/aromatic N) is 1. The van der Waals surface area contributed by atoms with Crippen LogP contribution in [-0.2, 0) is 0 Å². The van der Waals surface area contributed by atoms with E-state index in [1.54, 1.807) is 30.0 Å². The summed E-state index contributed by atoms with van der Waals surface area (Å²) < 4.78 is 13.7. The first-order chi connectivity index (χ1) is 12.1. The monoisotopic (exact) mass is 348 g/mol. The number of hydrogen-bond donors (Lipinski definition) is 1. The average Bonchev–Trinajstić information content (AvgIpc) is 2.77. The first-order valence-electron chi connectivity index (χ1n) is 7.67. The molecule has 3 aromatic rings. The molecule has 0 unspecified atom stereocenters. The number of carbonyl (C=O) groups excluding carboxylic acids is 1. The van der Waals surface area contributed by atoms with Gasteiger partial charge in [0.1, 0.15) is 5.82 Å². The van der Waals surface area contributed by atoms with Gasteiger partial charge in [-0.1, -0.05) is 42.1 Å². The first-order valence-corrected chi connectivity index (χ1v) is 8.49. The van der Waals surface area contributed by atoms with Crippen molar-refractivity contribution < 1.29 is 9.18 Å². The number of halogens is 1. The van der Waals surface area contributed by atoms with Gasteiger partial charge >= 0.3 is 0 Å². The predicted octanol–water partition coefficient (Wildman–Crippen LogP) is 4.56. The van der Waals surface area contributed by atoms with E-state index < -0.39 is 5.91 Å². The summed E-state index contributed by atoms with van der Waals surface area (Å²) in [5, 5.41) is 0. The van der Waals surface area contributed by atoms with Crippen LogP contribution in [0, 0.1) is 5.82 Å². The number of nitrogens with two attached hydrogens (primary N) is 1. The second-order valence-electron chi connectivity index (χ2n) is 5.62. The van der Waals surface area contributed by atoms with E-state index in [1.807, 2.05) is 36.4 Å². The highest BCUT2D eigenvalue weighted by Gasteiger charge is 2.19. The molecule has 1 aliphatic rings. The third-order valence-corrected chi connectivity index (χ3v) is 5.08. The molecule has 122 valence electrons. The van der Waals surface area contributed by atoms with Crippen molar-refractivity contribution >= 4 is 29.1 Å². The van der Waals surface area contributed by atoms with Crippen LogP contribution in [-0.4, -0.2) is 11.6 Å². The predicted molar refractivity (Wildman–Crippen MR) is 97.2 cm³/mol. The highest BCUT2D eigenvalue weighted by Crippen LogP contribution is 2.41. The molecule has 0 aromatic heterocycles. The van der Waals surface area contributed by atoms with Crippen molar-refractivity contribution in [3.8, 4) is 0 Å². The van der Waals surface area contributed by atoms with Gasteiger partial charge in [0.2, 0.25) is 5.91 Å². The van der Waals surface area contributed by atoms with E-state index in [1.165, 1.54) is 12.1 Å². The third kappa shape index (κ3) is 2.94. The Balaban J connectivity index is 1.98. The molecule has 3 aromatic carbocycles. The second-order valence-corrected chi connectivity index (χ2v) is 6.70. The lowest BCUT2D eigenvalue weighted by atomic mass is 10.0. The second kappa shape index (κ2) is 6.18. The van der Waals surface area contributed by atoms with Crippen molar-refractivity contribution in [2.75, 3.05) is 0 Å². The van der Waals surface area contributed by atoms with E-state index in [4.69, 9.17) is 10.7 Å². The summed E-state index contributed by atoms with van der Waals surface area (Å²) in [5.41, 5.74) is 8.72. The topological polar surface area (TPSA) is 55.5 Å². The van der Waals surface area contributed by atoms with Gasteiger partial charge in [0.05, 0.1) is 11.4 Å². The standard InChI is InChI=1S/C20H13FN2OS/c21-14-5-3-4-12(10-14)19-15-6-1-2-7-17(15)25-18-9-8-13(20(22)24)11-16(18)23-19/h1-11H,(H2,22,24). The summed E-state index contributed by atoms with van der Waals surface area (Å²) in [6.45, 7) is 0. The molecule has 1 aliphatic heterocycles. The Morgan fingerprint density at radius 2 is 1.80 bits per heavy atom. The number of rotatable bonds is 2. The van der Waals surface area contributed by atoms with E-state index in [0.29, 0.717) is 22.5 Å². The number of aliphatic imine (C=N–C) groups is 1. The Labute approximate surface area is 148 Å². The molecule has 0 fully saturated rings. The Hall–Kier alpha value is -2.92. The normalized spacial score (nSPS) is 12.6. The Bertz CT molecular complexity index is 1030. The van der Waals surface area contributed by atoms with Gasteiger partial charge in [-0.15, -0.1) is 0 Å². The molecule has 0 bridgehead atoms. The maximum absolute atomic E-state index is 13.7. The molecule has 0 radical (unpaired) electrons. The van der Waals surface area contributed by atoms with Crippen LogP contribution in [0.3, 0.4) is 0 Å². The largest absolute Gasteiger partial charge is 0.366 e. The van der Waals surface area contributed by atoms with Crippen molar-refractivity contribution in [1.82, 2.24) is 0 Å². The number of benzene rings is 3. The third-order valence-electron chi connectivity index (χ3n) is 3.94. The highest BCUT2D eigenvalue weighted by atomic mass is 32.2. The van der Waals surface area contributed by atoms with Crippen LogP contribution in [0.25, 0.3) is 0 Å². The summed E-state index contributed by atoms with van der Waals surface area (Å²) in [6, 6.07) is 19.4. The molecule has 0 saturated heterocycles. The molecule has 0 spiro atoms. The smallest absolute Gasteiger partial charge is 0.248 e. The summed E-state index contributed by atoms with van der Waals surface area (Å²) in [4.78, 5) is 18.2. The summed E-state index contributed by atoms with van der Waals surface area (Å²) in [7, 11) is 0. The van der Waals surface area contributed by atoms with Crippen LogP contribution in [0.4, 0.5) is 10.1 Å². The van der Waals surface area contributed by atoms with Crippen LogP contribution in [0.1, 0.15) is 21.5 Å². The quantitative estimate of drug-likeness (QED) is 0.577. The summed E-state index contributed by atoms with van der Waals surface area (Å²) in [5.74, 6) is -0.822. The van der Waals surface area contributed by atoms with Crippen LogP contribution >= 0.6 is 11.8 Å². The zero-order valence-corrected chi connectivity index (χ0v) is 13.9. The fraction of sp³-hybridized carbons (Fsp3) is 0. The lowest BCUT2D eigenvalue weighted by Crippen LogP contribution is -2.10. The van der Waals surface area contributed by atoms with Crippen LogP contribution < -0.4 is 5.73 Å². The number of fused-ring (bicyclic) bond motifs is 2. The lowest BCUT2D eigenvalue weighted by molar-refractivity contribution is 0.1000. The van der Waals surface area contributed by atoms with Crippen LogP contribution in [0.2, 0.25) is 0 Å². The van der Waals surface area contributed by atoms with Gasteiger partial charge in [-0.3, -0.25) is 4.79 Å². The van der Waals surface area contributed by atoms with E-state index in [9.17, 15) is 9.18 Å². The van der Waals surface area contributed by atoms with Gasteiger partial charge in [0.25, 0.3) is 0 Å². The molecule has 25 heavy (non-hydrogen) atoms. The molecule has 1 amide bonds. The van der Waals surface area contributed by atoms with Gasteiger partial charge in [0.15, 0.2) is 0 Å². The Morgan fingerprint density at radius 3 is 2.60 bits per heavy atom. The van der Waals surface area contributed by atoms with Gasteiger partial charge in [-0.25, -0.2) is 9.38 Å². The van der Waals surface area contributed by atoms with E-state index in [2.05, 4.69) is 0 Å². The Kier molecular flexibility index (Phi) is 3.86. The number of primary amides is 1. The van der Waals surface area contributed by atoms with Crippen molar-refractivity contribution in [3.05, 3.63) is 89.2 Å². The zero-order chi connectivity index (χ0) is 17.4. The summed E-state index contributed by atoms with van der Waals surface area (Å²) >= 11 is 1.57. The molecule has 4 rings (SSSR count). The number of amides is 1. The van der Waals surface area contributed by atoms with E-state index in [-0.39, 0.29) is 5.82 Å². The average molecular weight is 348 g/mol. The highest BCUT2D eigenvalue weighted by molar-refractivity contribution is 7.99. The fourth-order valence-corrected chi connectivity index (χ4v) is 3.75. The van der Waals surface area contributed by atoms with Crippen molar-refractivity contribution in [2.45, 2.75) is 9.79 Å². The first kappa shape index (κ1) is 15.6. The summed E-state index contributed by atoms with van der Waals surface area (Å²) in [6.07, 6.45) is 0. The molecule has 0 aliphatic carbocycles. The van der Waals surface area contributed by atoms with Gasteiger partial charge in [0, 0.05) is 26.5 Å². The van der Waals surface area contributed by atoms with Crippen molar-refractivity contribution in [1.29, 1.82) is 0 Å². The number of hydrogen-bond acceptors (Lipinski definition) is 3. The minimum atomic E-state index is -0.503. The van der Waals surface area contributed by atoms with Crippen LogP contribution in [0.5, 0.6) is 0 Å². The van der Waals surface area contributed by atoms with Gasteiger partial charge in [-0.05, 0) is 36.4 Å². The fourth-order valence-electron chi connectivity index (χ4n) is 2.75. The molecular weight excluding hydrogens is 335 g/mol. The van der Waals surface area contributed by atoms with E-state index in [0.717, 1.165) is 15.4 Å². The number of carbonyl (C=O) groups is 1. The SMILES string of the molecule is NC(=O)c1ccc2c(c1)N=C(c1cccc(F)c1)c1ccccc1S2. The molecular formula is C20H13FN2OS. The van der Waals surface area contributed by atoms with Crippen molar-refractivity contribution in [2.24, 2.45) is 10.7 Å². The molecule has 0 saturated carbocycles. The van der Waals surface area contributed by atoms with Gasteiger partial charge < -0.3 is 5.73 Å². The molecule has 1 heterocycles.